The topological polar surface area (TPSA) is 38.5 Å². The van der Waals surface area contributed by atoms with E-state index in [9.17, 15) is 27.2 Å². The molecule has 2 aromatic carbocycles. The van der Waals surface area contributed by atoms with Crippen molar-refractivity contribution in [3.63, 3.8) is 0 Å². The molecule has 166 valence electrons. The van der Waals surface area contributed by atoms with Crippen LogP contribution in [0.5, 0.6) is 0 Å². The van der Waals surface area contributed by atoms with Crippen molar-refractivity contribution in [2.45, 2.75) is 13.1 Å². The van der Waals surface area contributed by atoms with Gasteiger partial charge in [-0.3, -0.25) is 9.59 Å². The summed E-state index contributed by atoms with van der Waals surface area (Å²) >= 11 is 0. The minimum Gasteiger partial charge on any atom is -0.313 e. The number of alkyl halides is 3. The largest absolute Gasteiger partial charge is 0.416 e. The minimum atomic E-state index is -4.55. The third kappa shape index (κ3) is 4.35. The van der Waals surface area contributed by atoms with Gasteiger partial charge in [-0.1, -0.05) is 18.2 Å². The lowest BCUT2D eigenvalue weighted by Gasteiger charge is -2.07. The van der Waals surface area contributed by atoms with E-state index in [0.717, 1.165) is 12.1 Å². The van der Waals surface area contributed by atoms with Crippen LogP contribution >= 0.6 is 0 Å². The van der Waals surface area contributed by atoms with Crippen LogP contribution in [0.1, 0.15) is 43.1 Å². The van der Waals surface area contributed by atoms with E-state index in [1.54, 1.807) is 35.7 Å². The summed E-state index contributed by atoms with van der Waals surface area (Å²) in [6, 6.07) is 14.7. The van der Waals surface area contributed by atoms with Crippen LogP contribution in [0.2, 0.25) is 0 Å². The lowest BCUT2D eigenvalue weighted by molar-refractivity contribution is -0.137. The Labute approximate surface area is 186 Å². The fourth-order valence-electron chi connectivity index (χ4n) is 3.69. The van der Waals surface area contributed by atoms with Gasteiger partial charge in [0.25, 0.3) is 0 Å². The van der Waals surface area contributed by atoms with Crippen LogP contribution in [-0.4, -0.2) is 16.0 Å². The second-order valence-corrected chi connectivity index (χ2v) is 7.46. The van der Waals surface area contributed by atoms with Crippen LogP contribution in [0.4, 0.5) is 17.6 Å². The fourth-order valence-corrected chi connectivity index (χ4v) is 3.69. The molecule has 0 bridgehead atoms. The van der Waals surface area contributed by atoms with Crippen LogP contribution in [0, 0.1) is 12.7 Å². The van der Waals surface area contributed by atoms with Gasteiger partial charge < -0.3 is 4.40 Å². The number of carbonyl (C=O) groups is 2. The van der Waals surface area contributed by atoms with Crippen LogP contribution in [0.15, 0.2) is 79.0 Å². The molecule has 0 aliphatic heterocycles. The number of allylic oxidation sites excluding steroid dienone is 1. The zero-order chi connectivity index (χ0) is 23.8. The first-order valence-corrected chi connectivity index (χ1v) is 9.96. The Hall–Kier alpha value is -4.00. The second kappa shape index (κ2) is 8.50. The Morgan fingerprint density at radius 3 is 2.33 bits per heavy atom. The molecule has 2 aromatic heterocycles. The maximum absolute atomic E-state index is 13.3. The molecule has 3 nitrogen and oxygen atoms in total. The highest BCUT2D eigenvalue weighted by molar-refractivity contribution is 6.11. The number of fused-ring (bicyclic) bond motifs is 1. The predicted octanol–water partition coefficient (Wildman–Crippen LogP) is 6.53. The van der Waals surface area contributed by atoms with E-state index >= 15 is 0 Å². The number of pyridine rings is 1. The van der Waals surface area contributed by atoms with Crippen molar-refractivity contribution in [2.75, 3.05) is 0 Å². The summed E-state index contributed by atoms with van der Waals surface area (Å²) in [5, 5.41) is 0. The summed E-state index contributed by atoms with van der Waals surface area (Å²) in [4.78, 5) is 25.7. The van der Waals surface area contributed by atoms with Gasteiger partial charge in [-0.2, -0.15) is 13.2 Å². The van der Waals surface area contributed by atoms with Gasteiger partial charge in [-0.15, -0.1) is 0 Å². The summed E-state index contributed by atoms with van der Waals surface area (Å²) in [6.45, 7) is 1.72. The standard InChI is InChI=1S/C26H17F4NO2/c1-16-21(12-13-23(32)18-5-4-6-19(15-18)26(28,29)30)22-7-2-3-14-31(22)24(16)25(33)17-8-10-20(27)11-9-17/h2-15H,1H3/b13-12+. The number of ketones is 2. The van der Waals surface area contributed by atoms with Crippen molar-refractivity contribution in [3.8, 4) is 0 Å². The van der Waals surface area contributed by atoms with Gasteiger partial charge in [0.05, 0.1) is 16.8 Å². The van der Waals surface area contributed by atoms with Crippen LogP contribution < -0.4 is 0 Å². The Bertz CT molecular complexity index is 1400. The van der Waals surface area contributed by atoms with E-state index in [1.807, 2.05) is 0 Å². The average molecular weight is 451 g/mol. The molecule has 0 aliphatic rings. The molecular weight excluding hydrogens is 434 g/mol. The number of hydrogen-bond acceptors (Lipinski definition) is 2. The number of nitrogens with zero attached hydrogens (tertiary/aromatic N) is 1. The molecule has 0 fully saturated rings. The maximum atomic E-state index is 13.3. The molecule has 0 radical (unpaired) electrons. The number of hydrogen-bond donors (Lipinski definition) is 0. The number of benzene rings is 2. The molecular formula is C26H17F4NO2. The molecule has 2 heterocycles. The zero-order valence-electron chi connectivity index (χ0n) is 17.4. The molecule has 0 aliphatic carbocycles. The molecule has 0 saturated carbocycles. The normalized spacial score (nSPS) is 11.9. The number of carbonyl (C=O) groups excluding carboxylic acids is 2. The third-order valence-electron chi connectivity index (χ3n) is 5.33. The van der Waals surface area contributed by atoms with Gasteiger partial charge in [0.2, 0.25) is 5.78 Å². The monoisotopic (exact) mass is 451 g/mol. The van der Waals surface area contributed by atoms with E-state index < -0.39 is 23.3 Å². The van der Waals surface area contributed by atoms with Gasteiger partial charge in [-0.25, -0.2) is 4.39 Å². The molecule has 0 spiro atoms. The van der Waals surface area contributed by atoms with Crippen molar-refractivity contribution in [1.29, 1.82) is 0 Å². The van der Waals surface area contributed by atoms with E-state index in [-0.39, 0.29) is 11.3 Å². The zero-order valence-corrected chi connectivity index (χ0v) is 17.4. The molecule has 7 heteroatoms. The lowest BCUT2D eigenvalue weighted by Crippen LogP contribution is -2.07. The van der Waals surface area contributed by atoms with E-state index in [0.29, 0.717) is 27.9 Å². The van der Waals surface area contributed by atoms with Gasteiger partial charge in [-0.05, 0) is 73.2 Å². The number of aromatic nitrogens is 1. The second-order valence-electron chi connectivity index (χ2n) is 7.46. The van der Waals surface area contributed by atoms with E-state index in [1.165, 1.54) is 48.6 Å². The van der Waals surface area contributed by atoms with Gasteiger partial charge in [0, 0.05) is 22.9 Å². The maximum Gasteiger partial charge on any atom is 0.416 e. The Balaban J connectivity index is 1.74. The smallest absolute Gasteiger partial charge is 0.313 e. The average Bonchev–Trinajstić information content (AvgIpc) is 3.08. The first-order valence-electron chi connectivity index (χ1n) is 9.96. The lowest BCUT2D eigenvalue weighted by atomic mass is 10.0. The first-order chi connectivity index (χ1) is 15.7. The summed E-state index contributed by atoms with van der Waals surface area (Å²) < 4.78 is 53.8. The Morgan fingerprint density at radius 1 is 0.909 bits per heavy atom. The van der Waals surface area contributed by atoms with Crippen molar-refractivity contribution < 1.29 is 27.2 Å². The SMILES string of the molecule is Cc1c(/C=C/C(=O)c2cccc(C(F)(F)F)c2)c2ccccn2c1C(=O)c1ccc(F)cc1. The Kier molecular flexibility index (Phi) is 5.72. The number of halogens is 4. The van der Waals surface area contributed by atoms with Gasteiger partial charge in [0.1, 0.15) is 5.82 Å². The Morgan fingerprint density at radius 2 is 1.64 bits per heavy atom. The highest BCUT2D eigenvalue weighted by Gasteiger charge is 2.30. The molecule has 4 aromatic rings. The third-order valence-corrected chi connectivity index (χ3v) is 5.33. The summed E-state index contributed by atoms with van der Waals surface area (Å²) in [5.41, 5.74) is 1.48. The van der Waals surface area contributed by atoms with Crippen LogP contribution in [-0.2, 0) is 6.18 Å². The molecule has 0 amide bonds. The molecule has 0 N–H and O–H groups in total. The van der Waals surface area contributed by atoms with Gasteiger partial charge in [0.15, 0.2) is 5.78 Å². The molecule has 0 unspecified atom stereocenters. The summed E-state index contributed by atoms with van der Waals surface area (Å²) in [5.74, 6) is -1.38. The number of rotatable bonds is 5. The molecule has 0 saturated heterocycles. The first kappa shape index (κ1) is 22.2. The summed E-state index contributed by atoms with van der Waals surface area (Å²) in [7, 11) is 0. The highest BCUT2D eigenvalue weighted by atomic mass is 19.4. The summed E-state index contributed by atoms with van der Waals surface area (Å²) in [6.07, 6.45) is -0.165. The molecule has 4 rings (SSSR count). The van der Waals surface area contributed by atoms with E-state index in [2.05, 4.69) is 0 Å². The predicted molar refractivity (Wildman–Crippen MR) is 117 cm³/mol. The van der Waals surface area contributed by atoms with E-state index in [4.69, 9.17) is 0 Å². The van der Waals surface area contributed by atoms with Crippen molar-refractivity contribution >= 4 is 23.2 Å². The fraction of sp³-hybridized carbons (Fsp3) is 0.0769. The van der Waals surface area contributed by atoms with Crippen LogP contribution in [0.3, 0.4) is 0 Å². The van der Waals surface area contributed by atoms with Crippen LogP contribution in [0.25, 0.3) is 11.6 Å². The van der Waals surface area contributed by atoms with Gasteiger partial charge >= 0.3 is 6.18 Å². The van der Waals surface area contributed by atoms with Crippen molar-refractivity contribution in [3.05, 3.63) is 118 Å². The van der Waals surface area contributed by atoms with Crippen molar-refractivity contribution in [1.82, 2.24) is 4.40 Å². The molecule has 33 heavy (non-hydrogen) atoms. The quantitative estimate of drug-likeness (QED) is 0.197. The molecule has 0 atom stereocenters. The minimum absolute atomic E-state index is 0.0927. The van der Waals surface area contributed by atoms with Crippen molar-refractivity contribution in [2.24, 2.45) is 0 Å². The highest BCUT2D eigenvalue weighted by Crippen LogP contribution is 2.30.